The third-order valence-corrected chi connectivity index (χ3v) is 4.71. The van der Waals surface area contributed by atoms with Crippen molar-refractivity contribution in [1.29, 1.82) is 0 Å². The van der Waals surface area contributed by atoms with Gasteiger partial charge in [0, 0.05) is 31.9 Å². The summed E-state index contributed by atoms with van der Waals surface area (Å²) in [6.07, 6.45) is 8.85. The van der Waals surface area contributed by atoms with Gasteiger partial charge in [0.15, 0.2) is 0 Å². The average molecular weight is 258 g/mol. The molecule has 3 heteroatoms. The van der Waals surface area contributed by atoms with E-state index in [4.69, 9.17) is 0 Å². The van der Waals surface area contributed by atoms with Gasteiger partial charge in [0.2, 0.25) is 5.91 Å². The second-order valence-electron chi connectivity index (χ2n) is 6.40. The molecule has 1 saturated heterocycles. The molecule has 19 heavy (non-hydrogen) atoms. The average Bonchev–Trinajstić information content (AvgIpc) is 2.93. The third-order valence-electron chi connectivity index (χ3n) is 4.71. The molecule has 102 valence electrons. The number of fused-ring (bicyclic) bond motifs is 1. The molecule has 2 aliphatic rings. The lowest BCUT2D eigenvalue weighted by Crippen LogP contribution is -2.31. The number of rotatable bonds is 5. The molecule has 1 aliphatic heterocycles. The van der Waals surface area contributed by atoms with Crippen LogP contribution in [0.4, 0.5) is 0 Å². The first kappa shape index (κ1) is 12.6. The van der Waals surface area contributed by atoms with Gasteiger partial charge in [-0.3, -0.25) is 9.78 Å². The maximum atomic E-state index is 12.1. The maximum absolute atomic E-state index is 12.1. The highest BCUT2D eigenvalue weighted by molar-refractivity contribution is 5.76. The number of piperidine rings is 1. The topological polar surface area (TPSA) is 33.2 Å². The van der Waals surface area contributed by atoms with Crippen molar-refractivity contribution in [3.63, 3.8) is 0 Å². The number of carbonyl (C=O) groups excluding carboxylic acids is 1. The van der Waals surface area contributed by atoms with E-state index in [1.807, 2.05) is 12.3 Å². The Morgan fingerprint density at radius 1 is 1.53 bits per heavy atom. The fourth-order valence-corrected chi connectivity index (χ4v) is 3.25. The smallest absolute Gasteiger partial charge is 0.222 e. The van der Waals surface area contributed by atoms with E-state index in [0.717, 1.165) is 38.3 Å². The molecule has 3 nitrogen and oxygen atoms in total. The minimum absolute atomic E-state index is 0.361. The number of carbonyl (C=O) groups is 1. The highest BCUT2D eigenvalue weighted by atomic mass is 16.2. The summed E-state index contributed by atoms with van der Waals surface area (Å²) in [5.41, 5.74) is 1.75. The van der Waals surface area contributed by atoms with Crippen LogP contribution in [0.3, 0.4) is 0 Å². The first-order chi connectivity index (χ1) is 9.17. The van der Waals surface area contributed by atoms with Crippen LogP contribution < -0.4 is 0 Å². The Morgan fingerprint density at radius 2 is 2.42 bits per heavy atom. The van der Waals surface area contributed by atoms with E-state index in [2.05, 4.69) is 22.9 Å². The normalized spacial score (nSPS) is 28.3. The molecule has 1 amide bonds. The molecule has 0 N–H and O–H groups in total. The molecule has 1 aromatic rings. The molecular weight excluding hydrogens is 236 g/mol. The van der Waals surface area contributed by atoms with Gasteiger partial charge in [-0.1, -0.05) is 13.0 Å². The summed E-state index contributed by atoms with van der Waals surface area (Å²) in [5.74, 6) is 1.16. The molecule has 1 aliphatic carbocycles. The lowest BCUT2D eigenvalue weighted by molar-refractivity contribution is -0.131. The number of unbranched alkanes of at least 4 members (excludes halogenated alkanes) is 1. The summed E-state index contributed by atoms with van der Waals surface area (Å²) in [6, 6.07) is 4.07. The fourth-order valence-electron chi connectivity index (χ4n) is 3.25. The summed E-state index contributed by atoms with van der Waals surface area (Å²) in [7, 11) is 0. The van der Waals surface area contributed by atoms with Crippen molar-refractivity contribution in [3.05, 3.63) is 30.1 Å². The van der Waals surface area contributed by atoms with E-state index in [1.165, 1.54) is 12.0 Å². The summed E-state index contributed by atoms with van der Waals surface area (Å²) < 4.78 is 0. The van der Waals surface area contributed by atoms with Crippen LogP contribution >= 0.6 is 0 Å². The van der Waals surface area contributed by atoms with Crippen LogP contribution in [0.15, 0.2) is 24.5 Å². The zero-order valence-electron chi connectivity index (χ0n) is 11.6. The molecule has 1 aromatic heterocycles. The Hall–Kier alpha value is -1.38. The molecule has 3 rings (SSSR count). The van der Waals surface area contributed by atoms with Crippen LogP contribution in [0, 0.1) is 11.3 Å². The van der Waals surface area contributed by atoms with Crippen molar-refractivity contribution in [1.82, 2.24) is 9.88 Å². The SMILES string of the molecule is CC12CC1CN(C(=O)CCCCc1cccnc1)C2. The molecule has 0 spiro atoms. The van der Waals surface area contributed by atoms with Gasteiger partial charge < -0.3 is 4.90 Å². The van der Waals surface area contributed by atoms with E-state index in [1.54, 1.807) is 6.20 Å². The van der Waals surface area contributed by atoms with Crippen molar-refractivity contribution < 1.29 is 4.79 Å². The van der Waals surface area contributed by atoms with Crippen LogP contribution in [0.5, 0.6) is 0 Å². The van der Waals surface area contributed by atoms with Gasteiger partial charge in [-0.25, -0.2) is 0 Å². The third kappa shape index (κ3) is 2.80. The molecule has 0 bridgehead atoms. The number of amides is 1. The van der Waals surface area contributed by atoms with Gasteiger partial charge in [-0.15, -0.1) is 0 Å². The van der Waals surface area contributed by atoms with Gasteiger partial charge in [-0.2, -0.15) is 0 Å². The maximum Gasteiger partial charge on any atom is 0.222 e. The summed E-state index contributed by atoms with van der Waals surface area (Å²) in [4.78, 5) is 18.3. The Morgan fingerprint density at radius 3 is 3.11 bits per heavy atom. The molecule has 2 atom stereocenters. The number of hydrogen-bond donors (Lipinski definition) is 0. The lowest BCUT2D eigenvalue weighted by atomic mass is 10.1. The Labute approximate surface area is 115 Å². The largest absolute Gasteiger partial charge is 0.342 e. The van der Waals surface area contributed by atoms with E-state index in [0.29, 0.717) is 17.7 Å². The van der Waals surface area contributed by atoms with Crippen LogP contribution in [0.25, 0.3) is 0 Å². The minimum Gasteiger partial charge on any atom is -0.342 e. The van der Waals surface area contributed by atoms with E-state index >= 15 is 0 Å². The Balaban J connectivity index is 1.35. The monoisotopic (exact) mass is 258 g/mol. The zero-order chi connectivity index (χ0) is 13.3. The second-order valence-corrected chi connectivity index (χ2v) is 6.40. The van der Waals surface area contributed by atoms with Crippen LogP contribution in [0.2, 0.25) is 0 Å². The quantitative estimate of drug-likeness (QED) is 0.761. The number of aryl methyl sites for hydroxylation is 1. The Bertz CT molecular complexity index is 459. The van der Waals surface area contributed by atoms with Crippen LogP contribution in [-0.2, 0) is 11.2 Å². The number of aromatic nitrogens is 1. The van der Waals surface area contributed by atoms with Gasteiger partial charge in [-0.05, 0) is 48.6 Å². The van der Waals surface area contributed by atoms with E-state index < -0.39 is 0 Å². The zero-order valence-corrected chi connectivity index (χ0v) is 11.6. The number of likely N-dealkylation sites (tertiary alicyclic amines) is 1. The lowest BCUT2D eigenvalue weighted by Gasteiger charge is -2.19. The molecule has 0 aromatic carbocycles. The van der Waals surface area contributed by atoms with E-state index in [9.17, 15) is 4.79 Å². The Kier molecular flexibility index (Phi) is 3.29. The van der Waals surface area contributed by atoms with Crippen molar-refractivity contribution in [3.8, 4) is 0 Å². The highest BCUT2D eigenvalue weighted by Gasteiger charge is 2.56. The molecule has 2 unspecified atom stereocenters. The predicted molar refractivity (Wildman–Crippen MR) is 74.6 cm³/mol. The number of pyridine rings is 1. The molecular formula is C16H22N2O. The van der Waals surface area contributed by atoms with Crippen molar-refractivity contribution in [2.24, 2.45) is 11.3 Å². The summed E-state index contributed by atoms with van der Waals surface area (Å²) in [6.45, 7) is 4.32. The number of nitrogens with zero attached hydrogens (tertiary/aromatic N) is 2. The fraction of sp³-hybridized carbons (Fsp3) is 0.625. The van der Waals surface area contributed by atoms with Crippen molar-refractivity contribution in [2.75, 3.05) is 13.1 Å². The van der Waals surface area contributed by atoms with E-state index in [-0.39, 0.29) is 0 Å². The first-order valence-corrected chi connectivity index (χ1v) is 7.34. The van der Waals surface area contributed by atoms with Crippen molar-refractivity contribution >= 4 is 5.91 Å². The standard InChI is InChI=1S/C16H22N2O/c1-16-9-14(16)11-18(12-16)15(19)7-3-2-5-13-6-4-8-17-10-13/h4,6,8,10,14H,2-3,5,7,9,11-12H2,1H3. The summed E-state index contributed by atoms with van der Waals surface area (Å²) >= 11 is 0. The molecule has 1 saturated carbocycles. The van der Waals surface area contributed by atoms with Crippen LogP contribution in [-0.4, -0.2) is 28.9 Å². The minimum atomic E-state index is 0.361. The molecule has 0 radical (unpaired) electrons. The number of hydrogen-bond acceptors (Lipinski definition) is 2. The van der Waals surface area contributed by atoms with Crippen molar-refractivity contribution in [2.45, 2.75) is 39.0 Å². The predicted octanol–water partition coefficient (Wildman–Crippen LogP) is 2.66. The van der Waals surface area contributed by atoms with Crippen LogP contribution in [0.1, 0.15) is 38.2 Å². The van der Waals surface area contributed by atoms with Gasteiger partial charge in [0.1, 0.15) is 0 Å². The van der Waals surface area contributed by atoms with Gasteiger partial charge in [0.25, 0.3) is 0 Å². The highest BCUT2D eigenvalue weighted by Crippen LogP contribution is 2.57. The first-order valence-electron chi connectivity index (χ1n) is 7.34. The molecule has 2 fully saturated rings. The van der Waals surface area contributed by atoms with Gasteiger partial charge in [0.05, 0.1) is 0 Å². The van der Waals surface area contributed by atoms with Gasteiger partial charge >= 0.3 is 0 Å². The second kappa shape index (κ2) is 4.95. The molecule has 2 heterocycles. The summed E-state index contributed by atoms with van der Waals surface area (Å²) in [5, 5.41) is 0.